The molecule has 0 aromatic carbocycles. The van der Waals surface area contributed by atoms with Gasteiger partial charge in [-0.2, -0.15) is 0 Å². The van der Waals surface area contributed by atoms with Crippen molar-refractivity contribution in [3.8, 4) is 0 Å². The fourth-order valence-electron chi connectivity index (χ4n) is 5.35. The molecule has 2 aliphatic carbocycles. The lowest BCUT2D eigenvalue weighted by molar-refractivity contribution is -0.126. The first-order chi connectivity index (χ1) is 13.1. The molecule has 6 heteroatoms. The average molecular weight is 389 g/mol. The molecule has 1 saturated carbocycles. The lowest BCUT2D eigenvalue weighted by atomic mass is 9.53. The summed E-state index contributed by atoms with van der Waals surface area (Å²) in [7, 11) is 1.47. The number of Topliss-reactive ketones (excluding diaryl/α,β-unsaturated/α-hetero) is 1. The van der Waals surface area contributed by atoms with E-state index in [9.17, 15) is 24.9 Å². The second-order valence-electron chi connectivity index (χ2n) is 8.93. The van der Waals surface area contributed by atoms with Crippen LogP contribution in [0.3, 0.4) is 0 Å². The van der Waals surface area contributed by atoms with E-state index in [-0.39, 0.29) is 29.1 Å². The molecule has 2 fully saturated rings. The molecule has 3 rings (SSSR count). The maximum atomic E-state index is 12.8. The number of likely N-dealkylation sites (N-methyl/N-ethyl adjacent to an activating group) is 1. The van der Waals surface area contributed by atoms with Crippen molar-refractivity contribution in [2.75, 3.05) is 13.7 Å². The summed E-state index contributed by atoms with van der Waals surface area (Å²) in [6.45, 7) is 5.17. The molecule has 154 valence electrons. The number of carbonyl (C=O) groups is 2. The number of hydrogen-bond acceptors (Lipinski definition) is 5. The summed E-state index contributed by atoms with van der Waals surface area (Å²) in [6.07, 6.45) is 9.87. The Balaban J connectivity index is 2.14. The van der Waals surface area contributed by atoms with Gasteiger partial charge >= 0.3 is 0 Å². The molecule has 6 atom stereocenters. The number of likely N-dealkylation sites (tertiary alicyclic amines) is 1. The number of ketones is 1. The van der Waals surface area contributed by atoms with Crippen LogP contribution in [-0.4, -0.2) is 57.2 Å². The third-order valence-corrected chi connectivity index (χ3v) is 7.09. The van der Waals surface area contributed by atoms with E-state index in [0.29, 0.717) is 19.3 Å². The first-order valence-corrected chi connectivity index (χ1v) is 9.98. The van der Waals surface area contributed by atoms with Gasteiger partial charge in [0.1, 0.15) is 17.4 Å². The third kappa shape index (κ3) is 3.03. The molecule has 1 saturated heterocycles. The van der Waals surface area contributed by atoms with Gasteiger partial charge in [-0.05, 0) is 44.9 Å². The molecule has 0 bridgehead atoms. The highest BCUT2D eigenvalue weighted by Crippen LogP contribution is 2.56. The van der Waals surface area contributed by atoms with E-state index in [0.717, 1.165) is 0 Å². The van der Waals surface area contributed by atoms with Crippen molar-refractivity contribution in [2.45, 2.75) is 51.7 Å². The maximum absolute atomic E-state index is 12.8. The van der Waals surface area contributed by atoms with E-state index in [1.165, 1.54) is 11.9 Å². The minimum atomic E-state index is -0.949. The Labute approximate surface area is 166 Å². The topological polar surface area (TPSA) is 98.1 Å². The minimum absolute atomic E-state index is 0.00879. The van der Waals surface area contributed by atoms with Crippen molar-refractivity contribution >= 4 is 11.7 Å². The van der Waals surface area contributed by atoms with E-state index in [1.54, 1.807) is 0 Å². The van der Waals surface area contributed by atoms with Crippen molar-refractivity contribution < 1.29 is 24.9 Å². The zero-order chi connectivity index (χ0) is 20.9. The smallest absolute Gasteiger partial charge is 0.261 e. The van der Waals surface area contributed by atoms with Crippen LogP contribution in [0.1, 0.15) is 40.0 Å². The fourth-order valence-corrected chi connectivity index (χ4v) is 5.35. The normalized spacial score (nSPS) is 43.0. The fraction of sp³-hybridized carbons (Fsp3) is 0.636. The first-order valence-electron chi connectivity index (χ1n) is 9.98. The van der Waals surface area contributed by atoms with Crippen molar-refractivity contribution in [2.24, 2.45) is 23.2 Å². The molecular weight excluding hydrogens is 358 g/mol. The van der Waals surface area contributed by atoms with Crippen LogP contribution in [-0.2, 0) is 9.59 Å². The van der Waals surface area contributed by atoms with Crippen molar-refractivity contribution in [3.63, 3.8) is 0 Å². The Morgan fingerprint density at radius 2 is 2.00 bits per heavy atom. The molecular formula is C22H31NO5. The molecule has 6 nitrogen and oxygen atoms in total. The van der Waals surface area contributed by atoms with Crippen LogP contribution in [0, 0.1) is 23.2 Å². The highest BCUT2D eigenvalue weighted by molar-refractivity contribution is 6.26. The summed E-state index contributed by atoms with van der Waals surface area (Å²) in [6, 6.07) is -0.949. The molecule has 28 heavy (non-hydrogen) atoms. The van der Waals surface area contributed by atoms with E-state index >= 15 is 0 Å². The highest BCUT2D eigenvalue weighted by Gasteiger charge is 2.55. The Morgan fingerprint density at radius 1 is 1.32 bits per heavy atom. The Morgan fingerprint density at radius 3 is 2.57 bits per heavy atom. The zero-order valence-electron chi connectivity index (χ0n) is 17.1. The van der Waals surface area contributed by atoms with Crippen LogP contribution < -0.4 is 0 Å². The number of amides is 1. The second-order valence-corrected chi connectivity index (χ2v) is 8.93. The van der Waals surface area contributed by atoms with Gasteiger partial charge in [-0.3, -0.25) is 9.59 Å². The Bertz CT molecular complexity index is 765. The van der Waals surface area contributed by atoms with Crippen molar-refractivity contribution in [1.29, 1.82) is 0 Å². The van der Waals surface area contributed by atoms with E-state index < -0.39 is 35.4 Å². The number of hydrogen-bond donors (Lipinski definition) is 3. The monoisotopic (exact) mass is 389 g/mol. The quantitative estimate of drug-likeness (QED) is 0.297. The van der Waals surface area contributed by atoms with E-state index in [1.807, 2.05) is 39.0 Å². The molecule has 0 spiro atoms. The van der Waals surface area contributed by atoms with Crippen LogP contribution in [0.4, 0.5) is 0 Å². The molecule has 3 aliphatic rings. The lowest BCUT2D eigenvalue weighted by Crippen LogP contribution is -2.48. The van der Waals surface area contributed by atoms with Gasteiger partial charge in [-0.1, -0.05) is 31.2 Å². The number of carbonyl (C=O) groups excluding carboxylic acids is 2. The van der Waals surface area contributed by atoms with Gasteiger partial charge in [0.2, 0.25) is 0 Å². The molecule has 1 aliphatic heterocycles. The van der Waals surface area contributed by atoms with E-state index in [4.69, 9.17) is 0 Å². The molecule has 0 aromatic rings. The van der Waals surface area contributed by atoms with Gasteiger partial charge in [0.15, 0.2) is 5.78 Å². The molecule has 3 N–H and O–H groups in total. The SMILES string of the molecule is CC=CC1C=CC2CC(C)(O)CCC2C1(C)C(O)=C1C(=O)C(CO)N(C)C1=O. The van der Waals surface area contributed by atoms with Gasteiger partial charge in [0.05, 0.1) is 12.2 Å². The summed E-state index contributed by atoms with van der Waals surface area (Å²) in [5, 5.41) is 31.4. The van der Waals surface area contributed by atoms with Crippen molar-refractivity contribution in [1.82, 2.24) is 4.90 Å². The first kappa shape index (κ1) is 20.8. The number of nitrogens with zero attached hydrogens (tertiary/aromatic N) is 1. The van der Waals surface area contributed by atoms with Gasteiger partial charge in [-0.25, -0.2) is 0 Å². The molecule has 6 unspecified atom stereocenters. The van der Waals surface area contributed by atoms with Crippen LogP contribution in [0.5, 0.6) is 0 Å². The predicted molar refractivity (Wildman–Crippen MR) is 105 cm³/mol. The van der Waals surface area contributed by atoms with Crippen LogP contribution in [0.25, 0.3) is 0 Å². The molecule has 1 amide bonds. The van der Waals surface area contributed by atoms with E-state index in [2.05, 4.69) is 6.08 Å². The summed E-state index contributed by atoms with van der Waals surface area (Å²) in [4.78, 5) is 26.7. The standard InChI is InChI=1S/C22H31NO5/c1-5-6-14-8-7-13-11-21(2,28)10-9-15(13)22(14,3)19(26)17-18(25)16(12-24)23(4)20(17)27/h5-8,13-16,24,26,28H,9-12H2,1-4H3. The molecule has 0 aromatic heterocycles. The Kier molecular flexibility index (Phi) is 5.32. The zero-order valence-corrected chi connectivity index (χ0v) is 17.1. The highest BCUT2D eigenvalue weighted by atomic mass is 16.3. The summed E-state index contributed by atoms with van der Waals surface area (Å²) in [5.41, 5.74) is -1.80. The van der Waals surface area contributed by atoms with Gasteiger partial charge < -0.3 is 20.2 Å². The predicted octanol–water partition coefficient (Wildman–Crippen LogP) is 2.14. The minimum Gasteiger partial charge on any atom is -0.511 e. The maximum Gasteiger partial charge on any atom is 0.261 e. The number of fused-ring (bicyclic) bond motifs is 1. The largest absolute Gasteiger partial charge is 0.511 e. The van der Waals surface area contributed by atoms with Gasteiger partial charge in [-0.15, -0.1) is 0 Å². The summed E-state index contributed by atoms with van der Waals surface area (Å²) < 4.78 is 0. The van der Waals surface area contributed by atoms with Gasteiger partial charge in [0, 0.05) is 18.4 Å². The molecule has 0 radical (unpaired) electrons. The van der Waals surface area contributed by atoms with Crippen LogP contribution in [0.2, 0.25) is 0 Å². The number of rotatable bonds is 3. The second kappa shape index (κ2) is 7.16. The van der Waals surface area contributed by atoms with Crippen molar-refractivity contribution in [3.05, 3.63) is 35.6 Å². The lowest BCUT2D eigenvalue weighted by Gasteiger charge is -2.52. The van der Waals surface area contributed by atoms with Crippen LogP contribution in [0.15, 0.2) is 35.6 Å². The molecule has 1 heterocycles. The Hall–Kier alpha value is -1.92. The van der Waals surface area contributed by atoms with Crippen LogP contribution >= 0.6 is 0 Å². The van der Waals surface area contributed by atoms with Gasteiger partial charge in [0.25, 0.3) is 5.91 Å². The number of aliphatic hydroxyl groups is 3. The third-order valence-electron chi connectivity index (χ3n) is 7.09. The summed E-state index contributed by atoms with van der Waals surface area (Å²) in [5.74, 6) is -1.39. The average Bonchev–Trinajstić information content (AvgIpc) is 2.84. The number of aliphatic hydroxyl groups excluding tert-OH is 2. The summed E-state index contributed by atoms with van der Waals surface area (Å²) >= 11 is 0. The number of allylic oxidation sites excluding steroid dienone is 5.